The lowest BCUT2D eigenvalue weighted by Gasteiger charge is -2.13. The highest BCUT2D eigenvalue weighted by Crippen LogP contribution is 2.28. The fourth-order valence-corrected chi connectivity index (χ4v) is 4.15. The van der Waals surface area contributed by atoms with E-state index in [2.05, 4.69) is 49.4 Å². The highest BCUT2D eigenvalue weighted by Gasteiger charge is 2.16. The second-order valence-electron chi connectivity index (χ2n) is 8.06. The van der Waals surface area contributed by atoms with Crippen molar-refractivity contribution >= 4 is 52.3 Å². The molecule has 0 bridgehead atoms. The number of hydrazone groups is 1. The number of anilines is 1. The Labute approximate surface area is 223 Å². The van der Waals surface area contributed by atoms with Crippen LogP contribution in [0.5, 0.6) is 0 Å². The highest BCUT2D eigenvalue weighted by atomic mass is 79.9. The zero-order chi connectivity index (χ0) is 25.5. The normalized spacial score (nSPS) is 11.8. The maximum absolute atomic E-state index is 12.9. The van der Waals surface area contributed by atoms with Crippen LogP contribution in [0.4, 0.5) is 5.69 Å². The van der Waals surface area contributed by atoms with Crippen molar-refractivity contribution < 1.29 is 9.59 Å². The van der Waals surface area contributed by atoms with E-state index in [0.29, 0.717) is 15.7 Å². The molecule has 6 nitrogen and oxygen atoms in total. The third-order valence-electron chi connectivity index (χ3n) is 5.44. The van der Waals surface area contributed by atoms with Crippen LogP contribution in [-0.4, -0.2) is 23.0 Å². The first-order valence-corrected chi connectivity index (χ1v) is 12.4. The Hall–Kier alpha value is -3.75. The van der Waals surface area contributed by atoms with Crippen LogP contribution < -0.4 is 10.7 Å². The summed E-state index contributed by atoms with van der Waals surface area (Å²) in [6.07, 6.45) is 5.01. The zero-order valence-electron chi connectivity index (χ0n) is 19.4. The smallest absolute Gasteiger partial charge is 0.273 e. The number of benzene rings is 3. The van der Waals surface area contributed by atoms with Crippen molar-refractivity contribution in [1.82, 2.24) is 10.4 Å². The summed E-state index contributed by atoms with van der Waals surface area (Å²) in [4.78, 5) is 29.8. The number of carbonyl (C=O) groups excluding carboxylic acids is 2. The van der Waals surface area contributed by atoms with Crippen molar-refractivity contribution in [3.05, 3.63) is 129 Å². The van der Waals surface area contributed by atoms with Crippen LogP contribution in [0.3, 0.4) is 0 Å². The number of amides is 2. The number of hydrogen-bond donors (Lipinski definition) is 3. The van der Waals surface area contributed by atoms with Crippen molar-refractivity contribution in [2.45, 2.75) is 12.2 Å². The first-order chi connectivity index (χ1) is 17.4. The molecule has 0 fully saturated rings. The molecule has 0 spiro atoms. The molecule has 36 heavy (non-hydrogen) atoms. The lowest BCUT2D eigenvalue weighted by Crippen LogP contribution is -2.21. The number of rotatable bonds is 7. The Balaban J connectivity index is 1.46. The third kappa shape index (κ3) is 6.47. The highest BCUT2D eigenvalue weighted by molar-refractivity contribution is 9.10. The molecule has 0 saturated carbocycles. The Morgan fingerprint density at radius 3 is 2.28 bits per heavy atom. The molecule has 1 atom stereocenters. The molecule has 1 aromatic heterocycles. The largest absolute Gasteiger partial charge is 0.321 e. The fraction of sp³-hybridized carbons (Fsp3) is 0.0714. The van der Waals surface area contributed by atoms with E-state index in [1.165, 1.54) is 0 Å². The van der Waals surface area contributed by atoms with Gasteiger partial charge in [0.05, 0.1) is 22.7 Å². The maximum atomic E-state index is 12.9. The number of thiol groups is 1. The Kier molecular flexibility index (Phi) is 8.30. The van der Waals surface area contributed by atoms with Gasteiger partial charge in [0.2, 0.25) is 0 Å². The van der Waals surface area contributed by atoms with Crippen molar-refractivity contribution in [3.8, 4) is 0 Å². The minimum atomic E-state index is -0.444. The summed E-state index contributed by atoms with van der Waals surface area (Å²) in [5.74, 6) is -0.777. The number of nitrogens with zero attached hydrogens (tertiary/aromatic N) is 2. The van der Waals surface area contributed by atoms with Gasteiger partial charge in [-0.2, -0.15) is 17.7 Å². The van der Waals surface area contributed by atoms with E-state index in [9.17, 15) is 9.59 Å². The van der Waals surface area contributed by atoms with Gasteiger partial charge >= 0.3 is 0 Å². The van der Waals surface area contributed by atoms with Crippen LogP contribution in [-0.2, 0) is 0 Å². The molecule has 0 saturated heterocycles. The number of hydrogen-bond acceptors (Lipinski definition) is 5. The molecule has 0 radical (unpaired) electrons. The van der Waals surface area contributed by atoms with Gasteiger partial charge in [0.25, 0.3) is 11.8 Å². The van der Waals surface area contributed by atoms with E-state index in [-0.39, 0.29) is 16.7 Å². The number of pyridine rings is 1. The van der Waals surface area contributed by atoms with E-state index in [1.54, 1.807) is 48.9 Å². The quantitative estimate of drug-likeness (QED) is 0.144. The third-order valence-corrected chi connectivity index (χ3v) is 6.53. The van der Waals surface area contributed by atoms with Crippen molar-refractivity contribution in [3.63, 3.8) is 0 Å². The maximum Gasteiger partial charge on any atom is 0.273 e. The predicted octanol–water partition coefficient (Wildman–Crippen LogP) is 6.19. The molecule has 8 heteroatoms. The van der Waals surface area contributed by atoms with Gasteiger partial charge in [-0.1, -0.05) is 57.9 Å². The van der Waals surface area contributed by atoms with Crippen molar-refractivity contribution in [2.24, 2.45) is 5.10 Å². The molecule has 1 unspecified atom stereocenters. The van der Waals surface area contributed by atoms with E-state index in [0.717, 1.165) is 22.3 Å². The zero-order valence-corrected chi connectivity index (χ0v) is 21.8. The monoisotopic (exact) mass is 558 g/mol. The van der Waals surface area contributed by atoms with Crippen LogP contribution in [0.2, 0.25) is 0 Å². The lowest BCUT2D eigenvalue weighted by molar-refractivity contribution is 0.0956. The van der Waals surface area contributed by atoms with Gasteiger partial charge in [-0.25, -0.2) is 5.43 Å². The van der Waals surface area contributed by atoms with E-state index in [4.69, 9.17) is 0 Å². The summed E-state index contributed by atoms with van der Waals surface area (Å²) in [7, 11) is 0. The fourth-order valence-electron chi connectivity index (χ4n) is 3.44. The Morgan fingerprint density at radius 2 is 1.58 bits per heavy atom. The molecule has 0 aliphatic carbocycles. The van der Waals surface area contributed by atoms with E-state index >= 15 is 0 Å². The average Bonchev–Trinajstić information content (AvgIpc) is 2.91. The molecule has 4 aromatic rings. The summed E-state index contributed by atoms with van der Waals surface area (Å²) < 4.78 is 0.702. The number of carbonyl (C=O) groups is 2. The first-order valence-electron chi connectivity index (χ1n) is 11.1. The second kappa shape index (κ2) is 11.8. The van der Waals surface area contributed by atoms with Crippen molar-refractivity contribution in [1.29, 1.82) is 0 Å². The molecule has 0 aliphatic heterocycles. The summed E-state index contributed by atoms with van der Waals surface area (Å²) in [6.45, 7) is 2.00. The molecule has 2 N–H and O–H groups in total. The molecular weight excluding hydrogens is 536 g/mol. The van der Waals surface area contributed by atoms with Crippen molar-refractivity contribution in [2.75, 3.05) is 5.32 Å². The molecular formula is C28H23BrN4O2S. The van der Waals surface area contributed by atoms with Crippen LogP contribution in [0, 0.1) is 6.92 Å². The topological polar surface area (TPSA) is 83.5 Å². The minimum absolute atomic E-state index is 0.132. The van der Waals surface area contributed by atoms with E-state index < -0.39 is 5.91 Å². The van der Waals surface area contributed by atoms with Gasteiger partial charge in [0.1, 0.15) is 0 Å². The van der Waals surface area contributed by atoms with Gasteiger partial charge in [-0.05, 0) is 66.1 Å². The number of aryl methyl sites for hydroxylation is 1. The van der Waals surface area contributed by atoms with Gasteiger partial charge in [0, 0.05) is 22.4 Å². The summed E-state index contributed by atoms with van der Waals surface area (Å²) in [6, 6.07) is 23.8. The Morgan fingerprint density at radius 1 is 0.917 bits per heavy atom. The summed E-state index contributed by atoms with van der Waals surface area (Å²) >= 11 is 8.07. The van der Waals surface area contributed by atoms with Gasteiger partial charge in [0.15, 0.2) is 0 Å². The van der Waals surface area contributed by atoms with Crippen LogP contribution in [0.25, 0.3) is 0 Å². The molecule has 2 amide bonds. The Bertz CT molecular complexity index is 1390. The average molecular weight is 559 g/mol. The van der Waals surface area contributed by atoms with Gasteiger partial charge in [-0.3, -0.25) is 14.6 Å². The van der Waals surface area contributed by atoms with Gasteiger partial charge in [-0.15, -0.1) is 0 Å². The second-order valence-corrected chi connectivity index (χ2v) is 9.49. The standard InChI is InChI=1S/C28H23BrN4O2S/c1-18-2-4-19(5-3-18)17-31-33-28(35)24-16-23(29)10-11-25(24)32-27(34)22-8-6-20(7-9-22)26(36)21-12-14-30-15-13-21/h2-17,26,36H,1H3,(H,32,34)(H,33,35)/b31-17+. The number of nitrogens with one attached hydrogen (secondary N) is 2. The first kappa shape index (κ1) is 25.3. The van der Waals surface area contributed by atoms with Crippen LogP contribution in [0.15, 0.2) is 101 Å². The SMILES string of the molecule is Cc1ccc(/C=N/NC(=O)c2cc(Br)ccc2NC(=O)c2ccc(C(S)c3ccncc3)cc2)cc1. The number of aromatic nitrogens is 1. The van der Waals surface area contributed by atoms with Gasteiger partial charge < -0.3 is 5.32 Å². The molecule has 0 aliphatic rings. The van der Waals surface area contributed by atoms with Crippen LogP contribution >= 0.6 is 28.6 Å². The minimum Gasteiger partial charge on any atom is -0.321 e. The van der Waals surface area contributed by atoms with E-state index in [1.807, 2.05) is 55.5 Å². The summed E-state index contributed by atoms with van der Waals surface area (Å²) in [5.41, 5.74) is 7.61. The molecule has 4 rings (SSSR count). The van der Waals surface area contributed by atoms with Crippen LogP contribution in [0.1, 0.15) is 48.2 Å². The summed E-state index contributed by atoms with van der Waals surface area (Å²) in [5, 5.41) is 6.74. The lowest BCUT2D eigenvalue weighted by atomic mass is 10.0. The molecule has 180 valence electrons. The number of halogens is 1. The predicted molar refractivity (Wildman–Crippen MR) is 150 cm³/mol. The molecule has 1 heterocycles. The molecule has 3 aromatic carbocycles.